The van der Waals surface area contributed by atoms with Crippen LogP contribution in [-0.4, -0.2) is 37.2 Å². The average molecular weight is 1120 g/mol. The van der Waals surface area contributed by atoms with Crippen molar-refractivity contribution < 1.29 is 28.6 Å². The summed E-state index contributed by atoms with van der Waals surface area (Å²) in [7, 11) is 0. The lowest BCUT2D eigenvalue weighted by atomic mass is 10.0. The summed E-state index contributed by atoms with van der Waals surface area (Å²) in [5.74, 6) is -0.952. The Bertz CT molecular complexity index is 1760. The molecule has 6 nitrogen and oxygen atoms in total. The van der Waals surface area contributed by atoms with Gasteiger partial charge < -0.3 is 14.2 Å². The van der Waals surface area contributed by atoms with E-state index in [1.807, 2.05) is 0 Å². The molecule has 458 valence electrons. The molecule has 0 aliphatic rings. The van der Waals surface area contributed by atoms with Crippen molar-refractivity contribution in [2.75, 3.05) is 13.2 Å². The molecule has 0 radical (unpaired) electrons. The number of esters is 3. The SMILES string of the molecule is CC/C=C\C/C=C\C/C=C\C/C=C\C/C=C\C/C=C\C/C=C\CCCCCC(=O)OCC(COC(=O)CCCCCCC/C=C\C/C=C\C/C=C\CC)OC(=O)CCCCCCCCCCCCC/C=C\C/C=C\CCCCCCC. The zero-order chi connectivity index (χ0) is 58.5. The van der Waals surface area contributed by atoms with Gasteiger partial charge in [-0.2, -0.15) is 0 Å². The van der Waals surface area contributed by atoms with Crippen LogP contribution in [0.15, 0.2) is 146 Å². The molecule has 1 unspecified atom stereocenters. The number of rotatable bonds is 59. The van der Waals surface area contributed by atoms with Gasteiger partial charge in [0.2, 0.25) is 0 Å². The number of hydrogen-bond donors (Lipinski definition) is 0. The van der Waals surface area contributed by atoms with Crippen molar-refractivity contribution in [3.05, 3.63) is 146 Å². The number of ether oxygens (including phenoxy) is 3. The van der Waals surface area contributed by atoms with Crippen LogP contribution in [0, 0.1) is 0 Å². The Labute approximate surface area is 499 Å². The van der Waals surface area contributed by atoms with Gasteiger partial charge in [0.1, 0.15) is 13.2 Å². The van der Waals surface area contributed by atoms with Crippen molar-refractivity contribution in [3.63, 3.8) is 0 Å². The van der Waals surface area contributed by atoms with E-state index in [4.69, 9.17) is 14.2 Å². The predicted molar refractivity (Wildman–Crippen MR) is 352 cm³/mol. The minimum Gasteiger partial charge on any atom is -0.462 e. The average Bonchev–Trinajstić information content (AvgIpc) is 3.47. The highest BCUT2D eigenvalue weighted by molar-refractivity contribution is 5.71. The van der Waals surface area contributed by atoms with Crippen LogP contribution in [-0.2, 0) is 28.6 Å². The highest BCUT2D eigenvalue weighted by Crippen LogP contribution is 2.15. The number of allylic oxidation sites excluding steroid dienone is 24. The highest BCUT2D eigenvalue weighted by atomic mass is 16.6. The molecule has 0 N–H and O–H groups in total. The van der Waals surface area contributed by atoms with Crippen LogP contribution in [0.4, 0.5) is 0 Å². The maximum atomic E-state index is 12.9. The van der Waals surface area contributed by atoms with E-state index in [-0.39, 0.29) is 31.1 Å². The van der Waals surface area contributed by atoms with Crippen molar-refractivity contribution >= 4 is 17.9 Å². The first-order chi connectivity index (χ1) is 40.0. The van der Waals surface area contributed by atoms with E-state index in [1.165, 1.54) is 96.3 Å². The molecule has 0 aliphatic carbocycles. The molecule has 81 heavy (non-hydrogen) atoms. The van der Waals surface area contributed by atoms with Gasteiger partial charge in [-0.25, -0.2) is 0 Å². The Hall–Kier alpha value is -4.71. The standard InChI is InChI=1S/C75H122O6/c1-4-7-10-13-16-19-22-25-28-30-32-34-36-37-39-40-42-44-47-50-53-56-59-62-65-68-74(77)80-71-72(70-79-73(76)67-64-61-58-55-52-49-46-27-24-21-18-15-12-9-6-3)81-75(78)69-66-63-60-57-54-51-48-45-43-41-38-35-33-31-29-26-23-20-17-14-11-8-5-2/h7,9-10,12,16,18-19,21,23,25-28,31-34,37,39,42,44,46,50,53,72H,4-6,8,11,13-15,17,20,22,24,29-30,35-36,38,40-41,43,45,47-49,51-52,54-71H2,1-3H3/b10-7-,12-9-,19-16-,21-18-,26-23-,28-25-,33-31-,34-32-,39-37-,44-42-,46-27-,53-50-. The smallest absolute Gasteiger partial charge is 0.306 e. The van der Waals surface area contributed by atoms with Crippen molar-refractivity contribution in [3.8, 4) is 0 Å². The van der Waals surface area contributed by atoms with Crippen LogP contribution in [0.5, 0.6) is 0 Å². The van der Waals surface area contributed by atoms with Gasteiger partial charge in [-0.1, -0.05) is 276 Å². The largest absolute Gasteiger partial charge is 0.462 e. The predicted octanol–water partition coefficient (Wildman–Crippen LogP) is 23.1. The second-order valence-electron chi connectivity index (χ2n) is 21.6. The van der Waals surface area contributed by atoms with Crippen LogP contribution < -0.4 is 0 Å². The van der Waals surface area contributed by atoms with Crippen LogP contribution in [0.2, 0.25) is 0 Å². The molecule has 0 spiro atoms. The molecule has 0 rings (SSSR count). The van der Waals surface area contributed by atoms with Crippen molar-refractivity contribution in [2.45, 2.75) is 297 Å². The van der Waals surface area contributed by atoms with Gasteiger partial charge in [0.25, 0.3) is 0 Å². The highest BCUT2D eigenvalue weighted by Gasteiger charge is 2.19. The maximum Gasteiger partial charge on any atom is 0.306 e. The first kappa shape index (κ1) is 76.3. The van der Waals surface area contributed by atoms with Gasteiger partial charge in [-0.15, -0.1) is 0 Å². The molecule has 0 saturated heterocycles. The molecule has 0 aliphatic heterocycles. The number of hydrogen-bond acceptors (Lipinski definition) is 6. The lowest BCUT2D eigenvalue weighted by molar-refractivity contribution is -0.167. The van der Waals surface area contributed by atoms with E-state index in [2.05, 4.69) is 167 Å². The quantitative estimate of drug-likeness (QED) is 0.0261. The minimum absolute atomic E-state index is 0.103. The monoisotopic (exact) mass is 1120 g/mol. The van der Waals surface area contributed by atoms with Gasteiger partial charge in [0, 0.05) is 19.3 Å². The van der Waals surface area contributed by atoms with E-state index in [1.54, 1.807) is 0 Å². The number of carbonyl (C=O) groups is 3. The molecule has 0 heterocycles. The third kappa shape index (κ3) is 66.0. The molecule has 0 fully saturated rings. The second-order valence-corrected chi connectivity index (χ2v) is 21.6. The molecule has 6 heteroatoms. The van der Waals surface area contributed by atoms with Crippen molar-refractivity contribution in [1.82, 2.24) is 0 Å². The summed E-state index contributed by atoms with van der Waals surface area (Å²) in [6, 6.07) is 0. The molecule has 0 bridgehead atoms. The number of unbranched alkanes of at least 4 members (excludes halogenated alkanes) is 24. The molecule has 1 atom stereocenters. The Kier molecular flexibility index (Phi) is 63.9. The van der Waals surface area contributed by atoms with Crippen molar-refractivity contribution in [2.24, 2.45) is 0 Å². The first-order valence-corrected chi connectivity index (χ1v) is 33.3. The summed E-state index contributed by atoms with van der Waals surface area (Å²) in [6.45, 7) is 6.37. The molecule has 0 saturated carbocycles. The number of carbonyl (C=O) groups excluding carboxylic acids is 3. The molecule has 0 amide bonds. The van der Waals surface area contributed by atoms with Gasteiger partial charge in [-0.05, 0) is 141 Å². The van der Waals surface area contributed by atoms with Crippen LogP contribution in [0.25, 0.3) is 0 Å². The van der Waals surface area contributed by atoms with Crippen LogP contribution >= 0.6 is 0 Å². The van der Waals surface area contributed by atoms with E-state index in [0.29, 0.717) is 19.3 Å². The van der Waals surface area contributed by atoms with Crippen LogP contribution in [0.1, 0.15) is 290 Å². The minimum atomic E-state index is -0.809. The van der Waals surface area contributed by atoms with E-state index >= 15 is 0 Å². The third-order valence-electron chi connectivity index (χ3n) is 13.8. The molecule has 0 aromatic rings. The summed E-state index contributed by atoms with van der Waals surface area (Å²) in [4.78, 5) is 38.4. The third-order valence-corrected chi connectivity index (χ3v) is 13.8. The fourth-order valence-corrected chi connectivity index (χ4v) is 8.88. The van der Waals surface area contributed by atoms with E-state index in [0.717, 1.165) is 154 Å². The van der Waals surface area contributed by atoms with Crippen LogP contribution in [0.3, 0.4) is 0 Å². The molecular weight excluding hydrogens is 997 g/mol. The lowest BCUT2D eigenvalue weighted by Crippen LogP contribution is -2.30. The summed E-state index contributed by atoms with van der Waals surface area (Å²) in [5.41, 5.74) is 0. The first-order valence-electron chi connectivity index (χ1n) is 33.3. The molecule has 0 aromatic heterocycles. The van der Waals surface area contributed by atoms with Gasteiger partial charge in [0.05, 0.1) is 0 Å². The van der Waals surface area contributed by atoms with Gasteiger partial charge >= 0.3 is 17.9 Å². The zero-order valence-electron chi connectivity index (χ0n) is 52.5. The second kappa shape index (κ2) is 67.8. The lowest BCUT2D eigenvalue weighted by Gasteiger charge is -2.18. The summed E-state index contributed by atoms with van der Waals surface area (Å²) < 4.78 is 16.9. The summed E-state index contributed by atoms with van der Waals surface area (Å²) in [5, 5.41) is 0. The van der Waals surface area contributed by atoms with E-state index in [9.17, 15) is 14.4 Å². The molecule has 0 aromatic carbocycles. The topological polar surface area (TPSA) is 78.9 Å². The fourth-order valence-electron chi connectivity index (χ4n) is 8.88. The van der Waals surface area contributed by atoms with Gasteiger partial charge in [-0.3, -0.25) is 14.4 Å². The van der Waals surface area contributed by atoms with Gasteiger partial charge in [0.15, 0.2) is 6.10 Å². The van der Waals surface area contributed by atoms with Crippen molar-refractivity contribution in [1.29, 1.82) is 0 Å². The normalized spacial score (nSPS) is 13.1. The van der Waals surface area contributed by atoms with E-state index < -0.39 is 6.10 Å². The Morgan fingerprint density at radius 1 is 0.259 bits per heavy atom. The summed E-state index contributed by atoms with van der Waals surface area (Å²) >= 11 is 0. The Balaban J connectivity index is 4.46. The summed E-state index contributed by atoms with van der Waals surface area (Å²) in [6.07, 6.45) is 97.1. The maximum absolute atomic E-state index is 12.9. The fraction of sp³-hybridized carbons (Fsp3) is 0.640. The molecular formula is C75H122O6. The zero-order valence-corrected chi connectivity index (χ0v) is 52.5. The Morgan fingerprint density at radius 3 is 0.765 bits per heavy atom. The Morgan fingerprint density at radius 2 is 0.481 bits per heavy atom.